The zero-order valence-corrected chi connectivity index (χ0v) is 17.2. The molecule has 3 aromatic rings. The van der Waals surface area contributed by atoms with Gasteiger partial charge < -0.3 is 19.4 Å². The molecule has 7 nitrogen and oxygen atoms in total. The molecule has 7 heteroatoms. The highest BCUT2D eigenvalue weighted by molar-refractivity contribution is 6.08. The number of imide groups is 1. The number of nitrogens with one attached hydrogen (secondary N) is 1. The number of aromatic nitrogens is 1. The number of para-hydroxylation sites is 1. The van der Waals surface area contributed by atoms with Crippen LogP contribution in [0.4, 0.5) is 4.79 Å². The van der Waals surface area contributed by atoms with Crippen LogP contribution in [-0.4, -0.2) is 47.5 Å². The molecule has 0 unspecified atom stereocenters. The fourth-order valence-electron chi connectivity index (χ4n) is 4.76. The zero-order valence-electron chi connectivity index (χ0n) is 17.2. The van der Waals surface area contributed by atoms with Gasteiger partial charge in [-0.2, -0.15) is 0 Å². The van der Waals surface area contributed by atoms with Gasteiger partial charge in [0.15, 0.2) is 17.0 Å². The smallest absolute Gasteiger partial charge is 0.328 e. The van der Waals surface area contributed by atoms with Gasteiger partial charge in [-0.15, -0.1) is 0 Å². The van der Waals surface area contributed by atoms with Crippen LogP contribution in [0.15, 0.2) is 42.5 Å². The van der Waals surface area contributed by atoms with E-state index in [0.717, 1.165) is 34.1 Å². The van der Waals surface area contributed by atoms with Crippen LogP contribution >= 0.6 is 0 Å². The van der Waals surface area contributed by atoms with E-state index in [1.165, 1.54) is 4.90 Å². The SMILES string of the molecule is COc1ccc(CN2C(=O)N3CCc4c([nH]c5ccccc45)[C@]3(C)C2=O)cc1OC. The lowest BCUT2D eigenvalue weighted by molar-refractivity contribution is -0.133. The minimum Gasteiger partial charge on any atom is -0.493 e. The second-order valence-electron chi connectivity index (χ2n) is 7.86. The molecule has 3 amide bonds. The number of ether oxygens (including phenoxy) is 2. The number of urea groups is 1. The van der Waals surface area contributed by atoms with Gasteiger partial charge in [0.25, 0.3) is 5.91 Å². The number of amides is 3. The first-order chi connectivity index (χ1) is 14.5. The van der Waals surface area contributed by atoms with Crippen LogP contribution in [0.3, 0.4) is 0 Å². The standard InChI is InChI=1S/C23H23N3O4/c1-23-20-16(15-6-4-5-7-17(15)24-20)10-11-26(23)22(28)25(21(23)27)13-14-8-9-18(29-2)19(12-14)30-3/h4-9,12,24H,10-11,13H2,1-3H3/t23-/m1/s1. The molecule has 2 aliphatic rings. The van der Waals surface area contributed by atoms with E-state index >= 15 is 0 Å². The van der Waals surface area contributed by atoms with E-state index in [1.807, 2.05) is 31.2 Å². The highest BCUT2D eigenvalue weighted by Crippen LogP contribution is 2.44. The van der Waals surface area contributed by atoms with Crippen LogP contribution < -0.4 is 9.47 Å². The van der Waals surface area contributed by atoms with Crippen LogP contribution in [0.5, 0.6) is 11.5 Å². The Morgan fingerprint density at radius 3 is 2.60 bits per heavy atom. The van der Waals surface area contributed by atoms with Crippen molar-refractivity contribution in [3.63, 3.8) is 0 Å². The van der Waals surface area contributed by atoms with E-state index in [1.54, 1.807) is 31.3 Å². The number of fused-ring (bicyclic) bond motifs is 5. The molecule has 0 aliphatic carbocycles. The summed E-state index contributed by atoms with van der Waals surface area (Å²) in [6, 6.07) is 13.2. The molecule has 0 saturated carbocycles. The topological polar surface area (TPSA) is 74.9 Å². The first kappa shape index (κ1) is 18.5. The van der Waals surface area contributed by atoms with Gasteiger partial charge in [0.05, 0.1) is 26.5 Å². The molecule has 0 spiro atoms. The molecule has 154 valence electrons. The highest BCUT2D eigenvalue weighted by Gasteiger charge is 2.58. The molecule has 1 aromatic heterocycles. The number of aromatic amines is 1. The molecule has 1 N–H and O–H groups in total. The number of methoxy groups -OCH3 is 2. The fourth-order valence-corrected chi connectivity index (χ4v) is 4.76. The van der Waals surface area contributed by atoms with Crippen molar-refractivity contribution in [2.24, 2.45) is 0 Å². The van der Waals surface area contributed by atoms with Crippen molar-refractivity contribution in [2.45, 2.75) is 25.4 Å². The van der Waals surface area contributed by atoms with Crippen molar-refractivity contribution < 1.29 is 19.1 Å². The second kappa shape index (κ2) is 6.52. The molecular weight excluding hydrogens is 382 g/mol. The third-order valence-electron chi connectivity index (χ3n) is 6.34. The lowest BCUT2D eigenvalue weighted by Gasteiger charge is -2.36. The molecule has 0 bridgehead atoms. The van der Waals surface area contributed by atoms with Crippen LogP contribution in [0.1, 0.15) is 23.7 Å². The van der Waals surface area contributed by atoms with Crippen molar-refractivity contribution in [3.05, 3.63) is 59.3 Å². The Labute approximate surface area is 174 Å². The van der Waals surface area contributed by atoms with Gasteiger partial charge in [0, 0.05) is 17.4 Å². The molecule has 1 saturated heterocycles. The van der Waals surface area contributed by atoms with Crippen molar-refractivity contribution in [1.29, 1.82) is 0 Å². The molecule has 0 radical (unpaired) electrons. The highest BCUT2D eigenvalue weighted by atomic mass is 16.5. The minimum atomic E-state index is -1.03. The average Bonchev–Trinajstić information content (AvgIpc) is 3.24. The summed E-state index contributed by atoms with van der Waals surface area (Å²) in [4.78, 5) is 33.2. The summed E-state index contributed by atoms with van der Waals surface area (Å²) in [5.41, 5.74) is 2.71. The van der Waals surface area contributed by atoms with Crippen LogP contribution in [-0.2, 0) is 23.3 Å². The van der Waals surface area contributed by atoms with Crippen molar-refractivity contribution in [1.82, 2.24) is 14.8 Å². The Balaban J connectivity index is 1.54. The summed E-state index contributed by atoms with van der Waals surface area (Å²) in [5.74, 6) is 0.957. The molecule has 2 aromatic carbocycles. The van der Waals surface area contributed by atoms with Gasteiger partial charge in [-0.05, 0) is 42.7 Å². The number of H-pyrrole nitrogens is 1. The molecule has 2 aliphatic heterocycles. The number of benzene rings is 2. The van der Waals surface area contributed by atoms with E-state index in [0.29, 0.717) is 18.0 Å². The monoisotopic (exact) mass is 405 g/mol. The summed E-state index contributed by atoms with van der Waals surface area (Å²) >= 11 is 0. The number of carbonyl (C=O) groups is 2. The number of nitrogens with zero attached hydrogens (tertiary/aromatic N) is 2. The average molecular weight is 405 g/mol. The van der Waals surface area contributed by atoms with Gasteiger partial charge >= 0.3 is 6.03 Å². The first-order valence-corrected chi connectivity index (χ1v) is 9.93. The molecule has 1 fully saturated rings. The van der Waals surface area contributed by atoms with Gasteiger partial charge in [-0.1, -0.05) is 24.3 Å². The van der Waals surface area contributed by atoms with E-state index < -0.39 is 5.54 Å². The number of hydrogen-bond acceptors (Lipinski definition) is 4. The van der Waals surface area contributed by atoms with E-state index in [2.05, 4.69) is 11.1 Å². The quantitative estimate of drug-likeness (QED) is 0.675. The molecular formula is C23H23N3O4. The fraction of sp³-hybridized carbons (Fsp3) is 0.304. The summed E-state index contributed by atoms with van der Waals surface area (Å²) in [6.07, 6.45) is 0.720. The third kappa shape index (κ3) is 2.38. The van der Waals surface area contributed by atoms with Gasteiger partial charge in [-0.3, -0.25) is 9.69 Å². The summed E-state index contributed by atoms with van der Waals surface area (Å²) in [7, 11) is 3.13. The molecule has 5 rings (SSSR count). The Kier molecular flexibility index (Phi) is 4.03. The Hall–Kier alpha value is -3.48. The summed E-state index contributed by atoms with van der Waals surface area (Å²) < 4.78 is 10.6. The lowest BCUT2D eigenvalue weighted by atomic mass is 9.87. The van der Waals surface area contributed by atoms with E-state index in [4.69, 9.17) is 9.47 Å². The number of carbonyl (C=O) groups excluding carboxylic acids is 2. The van der Waals surface area contributed by atoms with Crippen LogP contribution in [0, 0.1) is 0 Å². The van der Waals surface area contributed by atoms with E-state index in [-0.39, 0.29) is 18.5 Å². The lowest BCUT2D eigenvalue weighted by Crippen LogP contribution is -2.48. The maximum Gasteiger partial charge on any atom is 0.328 e. The Bertz CT molecular complexity index is 1180. The largest absolute Gasteiger partial charge is 0.493 e. The molecule has 1 atom stereocenters. The predicted molar refractivity (Wildman–Crippen MR) is 112 cm³/mol. The van der Waals surface area contributed by atoms with E-state index in [9.17, 15) is 9.59 Å². The summed E-state index contributed by atoms with van der Waals surface area (Å²) in [6.45, 7) is 2.53. The maximum absolute atomic E-state index is 13.6. The minimum absolute atomic E-state index is 0.180. The normalized spacial score (nSPS) is 20.5. The third-order valence-corrected chi connectivity index (χ3v) is 6.34. The second-order valence-corrected chi connectivity index (χ2v) is 7.86. The van der Waals surface area contributed by atoms with Gasteiger partial charge in [-0.25, -0.2) is 4.79 Å². The van der Waals surface area contributed by atoms with Crippen molar-refractivity contribution in [2.75, 3.05) is 20.8 Å². The predicted octanol–water partition coefficient (Wildman–Crippen LogP) is 3.42. The van der Waals surface area contributed by atoms with Crippen molar-refractivity contribution >= 4 is 22.8 Å². The Morgan fingerprint density at radius 1 is 1.07 bits per heavy atom. The van der Waals surface area contributed by atoms with Crippen LogP contribution in [0.25, 0.3) is 10.9 Å². The van der Waals surface area contributed by atoms with Gasteiger partial charge in [0.2, 0.25) is 0 Å². The number of rotatable bonds is 4. The van der Waals surface area contributed by atoms with Gasteiger partial charge in [0.1, 0.15) is 0 Å². The van der Waals surface area contributed by atoms with Crippen LogP contribution in [0.2, 0.25) is 0 Å². The van der Waals surface area contributed by atoms with Crippen molar-refractivity contribution in [3.8, 4) is 11.5 Å². The molecule has 30 heavy (non-hydrogen) atoms. The first-order valence-electron chi connectivity index (χ1n) is 9.93. The number of hydrogen-bond donors (Lipinski definition) is 1. The zero-order chi connectivity index (χ0) is 21.0. The summed E-state index contributed by atoms with van der Waals surface area (Å²) in [5, 5.41) is 1.12. The molecule has 3 heterocycles. The Morgan fingerprint density at radius 2 is 1.83 bits per heavy atom. The maximum atomic E-state index is 13.6.